The highest BCUT2D eigenvalue weighted by Gasteiger charge is 2.17. The third-order valence-electron chi connectivity index (χ3n) is 5.57. The van der Waals surface area contributed by atoms with Gasteiger partial charge in [0.2, 0.25) is 0 Å². The van der Waals surface area contributed by atoms with Crippen molar-refractivity contribution < 1.29 is 20.1 Å². The summed E-state index contributed by atoms with van der Waals surface area (Å²) >= 11 is 2.68. The summed E-state index contributed by atoms with van der Waals surface area (Å²) in [5.74, 6) is 1.74. The second kappa shape index (κ2) is 12.8. The zero-order valence-electron chi connectivity index (χ0n) is 19.1. The number of aliphatic hydroxyl groups excluding tert-OH is 1. The summed E-state index contributed by atoms with van der Waals surface area (Å²) < 4.78 is 0.569. The molecule has 0 spiro atoms. The lowest BCUT2D eigenvalue weighted by atomic mass is 10.0. The van der Waals surface area contributed by atoms with Crippen LogP contribution in [0.1, 0.15) is 36.5 Å². The number of phenolic OH excluding ortho intramolecular Hbond substituents is 1. The van der Waals surface area contributed by atoms with Gasteiger partial charge in [-0.1, -0.05) is 54.7 Å². The number of nitrogens with zero attached hydrogens (tertiary/aromatic N) is 1. The van der Waals surface area contributed by atoms with Gasteiger partial charge < -0.3 is 30.5 Å². The summed E-state index contributed by atoms with van der Waals surface area (Å²) in [5.41, 5.74) is 2.10. The van der Waals surface area contributed by atoms with Crippen molar-refractivity contribution in [1.82, 2.24) is 15.2 Å². The van der Waals surface area contributed by atoms with E-state index in [0.717, 1.165) is 34.8 Å². The Kier molecular flexibility index (Phi) is 9.82. The van der Waals surface area contributed by atoms with E-state index >= 15 is 0 Å². The van der Waals surface area contributed by atoms with E-state index in [1.54, 1.807) is 17.8 Å². The first-order chi connectivity index (χ1) is 16.4. The van der Waals surface area contributed by atoms with Gasteiger partial charge in [0.25, 0.3) is 0 Å². The number of hydrogen-bond acceptors (Lipinski definition) is 7. The van der Waals surface area contributed by atoms with Crippen LogP contribution < -0.4 is 10.2 Å². The van der Waals surface area contributed by atoms with Crippen molar-refractivity contribution in [2.24, 2.45) is 0 Å². The van der Waals surface area contributed by atoms with Crippen LogP contribution in [-0.4, -0.2) is 69.0 Å². The van der Waals surface area contributed by atoms with E-state index in [0.29, 0.717) is 42.0 Å². The van der Waals surface area contributed by atoms with Gasteiger partial charge in [0.05, 0.1) is 10.8 Å². The Labute approximate surface area is 206 Å². The van der Waals surface area contributed by atoms with Crippen molar-refractivity contribution >= 4 is 39.4 Å². The second-order valence-corrected chi connectivity index (χ2v) is 10.3. The van der Waals surface area contributed by atoms with Crippen molar-refractivity contribution in [1.29, 1.82) is 0 Å². The molecule has 34 heavy (non-hydrogen) atoms. The van der Waals surface area contributed by atoms with Crippen molar-refractivity contribution in [3.8, 4) is 5.75 Å². The molecule has 3 rings (SSSR count). The van der Waals surface area contributed by atoms with Crippen LogP contribution in [0, 0.1) is 0 Å². The van der Waals surface area contributed by atoms with Crippen molar-refractivity contribution in [2.75, 3.05) is 37.7 Å². The minimum atomic E-state index is -0.894. The summed E-state index contributed by atoms with van der Waals surface area (Å²) in [4.78, 5) is 27.0. The molecule has 8 nitrogen and oxygen atoms in total. The number of benzene rings is 2. The predicted octanol–water partition coefficient (Wildman–Crippen LogP) is 3.83. The lowest BCUT2D eigenvalue weighted by Crippen LogP contribution is -2.34. The Morgan fingerprint density at radius 2 is 1.97 bits per heavy atom. The van der Waals surface area contributed by atoms with Gasteiger partial charge in [-0.3, -0.25) is 4.79 Å². The van der Waals surface area contributed by atoms with Crippen LogP contribution in [0.25, 0.3) is 10.2 Å². The third-order valence-corrected chi connectivity index (χ3v) is 7.55. The van der Waals surface area contributed by atoms with E-state index in [2.05, 4.69) is 10.3 Å². The summed E-state index contributed by atoms with van der Waals surface area (Å²) in [6.07, 6.45) is -0.805. The first kappa shape index (κ1) is 26.1. The zero-order chi connectivity index (χ0) is 24.5. The number of nitrogens with one attached hydrogen (secondary N) is 2. The number of H-pyrrole nitrogens is 1. The van der Waals surface area contributed by atoms with Crippen LogP contribution in [-0.2, 0) is 0 Å². The van der Waals surface area contributed by atoms with Gasteiger partial charge in [0.1, 0.15) is 11.3 Å². The molecule has 184 valence electrons. The number of carbonyl (C=O) groups is 1. The van der Waals surface area contributed by atoms with Crippen LogP contribution in [0.3, 0.4) is 0 Å². The molecule has 0 radical (unpaired) electrons. The number of phenols is 1. The van der Waals surface area contributed by atoms with Gasteiger partial charge >= 0.3 is 11.0 Å². The SMILES string of the molecule is C[C@H](CN(CCSCCCNC[C@@H](O)c1ccc(O)c2[nH]c(=O)sc12)C(=O)O)c1ccccc1. The fourth-order valence-electron chi connectivity index (χ4n) is 3.71. The normalized spacial score (nSPS) is 13.1. The van der Waals surface area contributed by atoms with E-state index in [9.17, 15) is 24.9 Å². The Morgan fingerprint density at radius 3 is 2.71 bits per heavy atom. The van der Waals surface area contributed by atoms with Gasteiger partial charge in [-0.05, 0) is 36.3 Å². The quantitative estimate of drug-likeness (QED) is 0.224. The first-order valence-electron chi connectivity index (χ1n) is 11.2. The Balaban J connectivity index is 1.33. The first-order valence-corrected chi connectivity index (χ1v) is 13.2. The number of amides is 1. The fraction of sp³-hybridized carbons (Fsp3) is 0.417. The average molecular weight is 506 g/mol. The molecule has 10 heteroatoms. The van der Waals surface area contributed by atoms with Gasteiger partial charge in [-0.15, -0.1) is 0 Å². The van der Waals surface area contributed by atoms with E-state index < -0.39 is 12.2 Å². The summed E-state index contributed by atoms with van der Waals surface area (Å²) in [6.45, 7) is 4.04. The molecule has 0 saturated heterocycles. The van der Waals surface area contributed by atoms with Crippen molar-refractivity contribution in [3.63, 3.8) is 0 Å². The Hall–Kier alpha value is -2.53. The number of thioether (sulfide) groups is 1. The molecule has 0 aliphatic carbocycles. The molecule has 0 fully saturated rings. The third kappa shape index (κ3) is 7.23. The van der Waals surface area contributed by atoms with Crippen LogP contribution >= 0.6 is 23.1 Å². The number of aromatic amines is 1. The Morgan fingerprint density at radius 1 is 1.21 bits per heavy atom. The molecule has 0 aliphatic heterocycles. The number of aromatic nitrogens is 1. The topological polar surface area (TPSA) is 126 Å². The second-order valence-electron chi connectivity index (χ2n) is 8.12. The van der Waals surface area contributed by atoms with Crippen molar-refractivity contribution in [2.45, 2.75) is 25.4 Å². The van der Waals surface area contributed by atoms with Crippen LogP contribution in [0.4, 0.5) is 4.79 Å². The molecule has 0 aliphatic rings. The van der Waals surface area contributed by atoms with E-state index in [4.69, 9.17) is 0 Å². The van der Waals surface area contributed by atoms with E-state index in [1.807, 2.05) is 37.3 Å². The smallest absolute Gasteiger partial charge is 0.407 e. The van der Waals surface area contributed by atoms with E-state index in [1.165, 1.54) is 11.0 Å². The Bertz CT molecular complexity index is 1120. The number of aromatic hydroxyl groups is 1. The predicted molar refractivity (Wildman–Crippen MR) is 138 cm³/mol. The summed E-state index contributed by atoms with van der Waals surface area (Å²) in [7, 11) is 0. The van der Waals surface area contributed by atoms with Crippen LogP contribution in [0.5, 0.6) is 5.75 Å². The maximum absolute atomic E-state index is 11.6. The molecule has 3 aromatic rings. The number of carboxylic acid groups (broad SMARTS) is 1. The highest BCUT2D eigenvalue weighted by Crippen LogP contribution is 2.31. The number of aliphatic hydroxyl groups is 1. The molecule has 5 N–H and O–H groups in total. The summed E-state index contributed by atoms with van der Waals surface area (Å²) in [6, 6.07) is 13.0. The molecule has 0 saturated carbocycles. The lowest BCUT2D eigenvalue weighted by Gasteiger charge is -2.23. The van der Waals surface area contributed by atoms with Crippen LogP contribution in [0.2, 0.25) is 0 Å². The number of rotatable bonds is 13. The standard InChI is InChI=1S/C24H31N3O5S2/c1-16(17-6-3-2-4-7-17)15-27(24(31)32)11-13-33-12-5-10-25-14-20(29)18-8-9-19(28)21-22(18)34-23(30)26-21/h2-4,6-9,16,20,25,28-29H,5,10-15H2,1H3,(H,26,30)(H,31,32)/t16-,20-/m1/s1. The van der Waals surface area contributed by atoms with Crippen LogP contribution in [0.15, 0.2) is 47.3 Å². The molecule has 0 bridgehead atoms. The van der Waals surface area contributed by atoms with E-state index in [-0.39, 0.29) is 16.5 Å². The van der Waals surface area contributed by atoms with Gasteiger partial charge in [-0.2, -0.15) is 11.8 Å². The maximum atomic E-state index is 11.6. The molecule has 2 atom stereocenters. The fourth-order valence-corrected chi connectivity index (χ4v) is 5.53. The molecular weight excluding hydrogens is 474 g/mol. The molecule has 1 aromatic heterocycles. The largest absolute Gasteiger partial charge is 0.506 e. The van der Waals surface area contributed by atoms with Gasteiger partial charge in [-0.25, -0.2) is 4.79 Å². The number of thiazole rings is 1. The molecule has 2 aromatic carbocycles. The minimum absolute atomic E-state index is 0.00901. The lowest BCUT2D eigenvalue weighted by molar-refractivity contribution is 0.146. The summed E-state index contributed by atoms with van der Waals surface area (Å²) in [5, 5.41) is 33.1. The minimum Gasteiger partial charge on any atom is -0.506 e. The molecule has 0 unspecified atom stereocenters. The molecule has 1 heterocycles. The van der Waals surface area contributed by atoms with Crippen molar-refractivity contribution in [3.05, 3.63) is 63.3 Å². The number of fused-ring (bicyclic) bond motifs is 1. The highest BCUT2D eigenvalue weighted by molar-refractivity contribution is 7.99. The monoisotopic (exact) mass is 505 g/mol. The average Bonchev–Trinajstić information content (AvgIpc) is 3.22. The molecular formula is C24H31N3O5S2. The van der Waals surface area contributed by atoms with Gasteiger partial charge in [0.15, 0.2) is 0 Å². The number of hydrogen-bond donors (Lipinski definition) is 5. The molecule has 1 amide bonds. The zero-order valence-corrected chi connectivity index (χ0v) is 20.7. The maximum Gasteiger partial charge on any atom is 0.407 e. The van der Waals surface area contributed by atoms with Gasteiger partial charge in [0, 0.05) is 31.0 Å². The highest BCUT2D eigenvalue weighted by atomic mass is 32.2.